The van der Waals surface area contributed by atoms with Crippen LogP contribution >= 0.6 is 0 Å². The lowest BCUT2D eigenvalue weighted by atomic mass is 9.83. The zero-order chi connectivity index (χ0) is 13.1. The zero-order valence-corrected chi connectivity index (χ0v) is 10.5. The molecule has 1 atom stereocenters. The van der Waals surface area contributed by atoms with E-state index in [-0.39, 0.29) is 0 Å². The lowest BCUT2D eigenvalue weighted by molar-refractivity contribution is -0.143. The zero-order valence-electron chi connectivity index (χ0n) is 10.5. The molecule has 0 spiro atoms. The molecule has 0 aliphatic heterocycles. The van der Waals surface area contributed by atoms with Crippen molar-refractivity contribution >= 4 is 5.97 Å². The minimum atomic E-state index is -1.43. The molecule has 0 saturated heterocycles. The predicted molar refractivity (Wildman–Crippen MR) is 65.9 cm³/mol. The summed E-state index contributed by atoms with van der Waals surface area (Å²) in [5, 5.41) is 9.06. The van der Waals surface area contributed by atoms with E-state index in [1.54, 1.807) is 12.1 Å². The number of carboxylic acids is 1. The van der Waals surface area contributed by atoms with Crippen LogP contribution in [0.25, 0.3) is 0 Å². The maximum Gasteiger partial charge on any atom is 0.316 e. The highest BCUT2D eigenvalue weighted by Gasteiger charge is 2.35. The van der Waals surface area contributed by atoms with Crippen molar-refractivity contribution < 1.29 is 14.3 Å². The summed E-state index contributed by atoms with van der Waals surface area (Å²) in [6.07, 6.45) is 0.944. The lowest BCUT2D eigenvalue weighted by Crippen LogP contribution is -2.34. The molecule has 2 nitrogen and oxygen atoms in total. The molecule has 0 fully saturated rings. The number of carboxylic acid groups (broad SMARTS) is 1. The van der Waals surface area contributed by atoms with E-state index in [9.17, 15) is 9.18 Å². The second-order valence-electron chi connectivity index (χ2n) is 5.07. The Labute approximate surface area is 101 Å². The molecule has 0 bridgehead atoms. The molecule has 0 radical (unpaired) electrons. The number of aliphatic carboxylic acids is 1. The topological polar surface area (TPSA) is 37.3 Å². The molecule has 17 heavy (non-hydrogen) atoms. The molecule has 0 aromatic heterocycles. The van der Waals surface area contributed by atoms with Crippen LogP contribution in [-0.4, -0.2) is 17.8 Å². The normalized spacial score (nSPS) is 14.6. The molecule has 0 unspecified atom stereocenters. The summed E-state index contributed by atoms with van der Waals surface area (Å²) in [5.41, 5.74) is 0.228. The van der Waals surface area contributed by atoms with Crippen LogP contribution in [0.1, 0.15) is 31.9 Å². The summed E-state index contributed by atoms with van der Waals surface area (Å²) >= 11 is 0. The van der Waals surface area contributed by atoms with Crippen LogP contribution in [-0.2, 0) is 16.6 Å². The summed E-state index contributed by atoms with van der Waals surface area (Å²) in [6, 6.07) is 7.19. The van der Waals surface area contributed by atoms with E-state index >= 15 is 0 Å². The van der Waals surface area contributed by atoms with Gasteiger partial charge in [0.2, 0.25) is 0 Å². The summed E-state index contributed by atoms with van der Waals surface area (Å²) in [7, 11) is 0. The van der Waals surface area contributed by atoms with Crippen molar-refractivity contribution in [2.75, 3.05) is 6.67 Å². The van der Waals surface area contributed by atoms with Crippen molar-refractivity contribution in [3.8, 4) is 0 Å². The first-order valence-electron chi connectivity index (χ1n) is 5.79. The molecule has 0 amide bonds. The second-order valence-corrected chi connectivity index (χ2v) is 5.07. The van der Waals surface area contributed by atoms with Gasteiger partial charge >= 0.3 is 5.97 Å². The molecule has 1 N–H and O–H groups in total. The number of alkyl halides is 1. The van der Waals surface area contributed by atoms with Crippen LogP contribution in [0.3, 0.4) is 0 Å². The molecular formula is C14H19FO2. The van der Waals surface area contributed by atoms with Crippen LogP contribution < -0.4 is 0 Å². The van der Waals surface area contributed by atoms with Crippen molar-refractivity contribution in [2.45, 2.75) is 32.6 Å². The van der Waals surface area contributed by atoms with E-state index in [4.69, 9.17) is 5.11 Å². The SMILES string of the molecule is CC(C)Cc1ccc([C@](C)(CF)C(=O)O)cc1. The van der Waals surface area contributed by atoms with Gasteiger partial charge < -0.3 is 5.11 Å². The van der Waals surface area contributed by atoms with Gasteiger partial charge in [0.05, 0.1) is 0 Å². The second kappa shape index (κ2) is 5.30. The number of hydrogen-bond donors (Lipinski definition) is 1. The number of hydrogen-bond acceptors (Lipinski definition) is 1. The summed E-state index contributed by atoms with van der Waals surface area (Å²) < 4.78 is 12.9. The van der Waals surface area contributed by atoms with Crippen molar-refractivity contribution in [3.63, 3.8) is 0 Å². The number of halogens is 1. The number of rotatable bonds is 5. The molecule has 0 aliphatic rings. The Morgan fingerprint density at radius 3 is 2.24 bits per heavy atom. The molecular weight excluding hydrogens is 219 g/mol. The van der Waals surface area contributed by atoms with Gasteiger partial charge in [-0.1, -0.05) is 38.1 Å². The van der Waals surface area contributed by atoms with Gasteiger partial charge in [0.15, 0.2) is 0 Å². The van der Waals surface area contributed by atoms with E-state index in [0.29, 0.717) is 11.5 Å². The molecule has 1 rings (SSSR count). The Hall–Kier alpha value is -1.38. The van der Waals surface area contributed by atoms with Gasteiger partial charge in [0, 0.05) is 0 Å². The summed E-state index contributed by atoms with van der Waals surface area (Å²) in [4.78, 5) is 11.1. The summed E-state index contributed by atoms with van der Waals surface area (Å²) in [6.45, 7) is 4.76. The Kier molecular flexibility index (Phi) is 4.27. The standard InChI is InChI=1S/C14H19FO2/c1-10(2)8-11-4-6-12(7-5-11)14(3,9-15)13(16)17/h4-7,10H,8-9H2,1-3H3,(H,16,17)/t14-/m0/s1. The highest BCUT2D eigenvalue weighted by molar-refractivity contribution is 5.81. The maximum atomic E-state index is 12.9. The van der Waals surface area contributed by atoms with Crippen LogP contribution in [0.4, 0.5) is 4.39 Å². The molecule has 0 heterocycles. The Balaban J connectivity index is 2.97. The van der Waals surface area contributed by atoms with Crippen molar-refractivity contribution in [1.82, 2.24) is 0 Å². The largest absolute Gasteiger partial charge is 0.481 e. The first-order valence-corrected chi connectivity index (χ1v) is 5.79. The van der Waals surface area contributed by atoms with Crippen molar-refractivity contribution in [3.05, 3.63) is 35.4 Å². The Bertz CT molecular complexity index is 384. The third-order valence-corrected chi connectivity index (χ3v) is 2.97. The highest BCUT2D eigenvalue weighted by Crippen LogP contribution is 2.25. The van der Waals surface area contributed by atoms with Crippen LogP contribution in [0.15, 0.2) is 24.3 Å². The fourth-order valence-corrected chi connectivity index (χ4v) is 1.74. The maximum absolute atomic E-state index is 12.9. The molecule has 3 heteroatoms. The third kappa shape index (κ3) is 3.05. The lowest BCUT2D eigenvalue weighted by Gasteiger charge is -2.21. The van der Waals surface area contributed by atoms with Gasteiger partial charge in [0.25, 0.3) is 0 Å². The summed E-state index contributed by atoms with van der Waals surface area (Å²) in [5.74, 6) is -0.579. The molecule has 1 aromatic carbocycles. The van der Waals surface area contributed by atoms with E-state index in [1.807, 2.05) is 12.1 Å². The van der Waals surface area contributed by atoms with E-state index in [0.717, 1.165) is 12.0 Å². The number of benzene rings is 1. The van der Waals surface area contributed by atoms with Crippen LogP contribution in [0.5, 0.6) is 0 Å². The van der Waals surface area contributed by atoms with Gasteiger partial charge in [-0.2, -0.15) is 0 Å². The highest BCUT2D eigenvalue weighted by atomic mass is 19.1. The third-order valence-electron chi connectivity index (χ3n) is 2.97. The molecule has 0 saturated carbocycles. The number of carbonyl (C=O) groups is 1. The first-order chi connectivity index (χ1) is 7.90. The fraction of sp³-hybridized carbons (Fsp3) is 0.500. The van der Waals surface area contributed by atoms with Gasteiger partial charge in [-0.3, -0.25) is 4.79 Å². The van der Waals surface area contributed by atoms with Gasteiger partial charge in [-0.25, -0.2) is 4.39 Å². The van der Waals surface area contributed by atoms with Gasteiger partial charge in [-0.15, -0.1) is 0 Å². The van der Waals surface area contributed by atoms with E-state index in [2.05, 4.69) is 13.8 Å². The van der Waals surface area contributed by atoms with E-state index in [1.165, 1.54) is 6.92 Å². The minimum absolute atomic E-state index is 0.514. The Morgan fingerprint density at radius 2 is 1.88 bits per heavy atom. The average Bonchev–Trinajstić information content (AvgIpc) is 2.28. The van der Waals surface area contributed by atoms with E-state index < -0.39 is 18.1 Å². The average molecular weight is 238 g/mol. The smallest absolute Gasteiger partial charge is 0.316 e. The predicted octanol–water partition coefficient (Wildman–Crippen LogP) is 3.20. The Morgan fingerprint density at radius 1 is 1.35 bits per heavy atom. The van der Waals surface area contributed by atoms with Crippen LogP contribution in [0.2, 0.25) is 0 Å². The molecule has 1 aromatic rings. The fourth-order valence-electron chi connectivity index (χ4n) is 1.74. The quantitative estimate of drug-likeness (QED) is 0.855. The first kappa shape index (κ1) is 13.7. The van der Waals surface area contributed by atoms with Crippen molar-refractivity contribution in [1.29, 1.82) is 0 Å². The monoisotopic (exact) mass is 238 g/mol. The van der Waals surface area contributed by atoms with Gasteiger partial charge in [0.1, 0.15) is 12.1 Å². The van der Waals surface area contributed by atoms with Crippen molar-refractivity contribution in [2.24, 2.45) is 5.92 Å². The molecule has 94 valence electrons. The van der Waals surface area contributed by atoms with Gasteiger partial charge in [-0.05, 0) is 30.4 Å². The van der Waals surface area contributed by atoms with Crippen LogP contribution in [0, 0.1) is 5.92 Å². The molecule has 0 aliphatic carbocycles. The minimum Gasteiger partial charge on any atom is -0.481 e.